The summed E-state index contributed by atoms with van der Waals surface area (Å²) in [5, 5.41) is 0.799. The number of allylic oxidation sites excluding steroid dienone is 1. The van der Waals surface area contributed by atoms with Gasteiger partial charge in [-0.05, 0) is 19.1 Å². The molecule has 0 nitrogen and oxygen atoms in total. The van der Waals surface area contributed by atoms with E-state index >= 15 is 0 Å². The van der Waals surface area contributed by atoms with Crippen LogP contribution in [0, 0.1) is 0 Å². The molecule has 48 valence electrons. The largest absolute Gasteiger partial charge is 0.162 e. The summed E-state index contributed by atoms with van der Waals surface area (Å²) >= 11 is 1.92. The molecule has 8 heavy (non-hydrogen) atoms. The van der Waals surface area contributed by atoms with Gasteiger partial charge in [0.2, 0.25) is 0 Å². The molecule has 0 rings (SSSR count). The molecular formula is C7H14S. The molecule has 0 aliphatic carbocycles. The van der Waals surface area contributed by atoms with E-state index in [4.69, 9.17) is 0 Å². The van der Waals surface area contributed by atoms with E-state index in [2.05, 4.69) is 19.8 Å². The second kappa shape index (κ2) is 5.23. The molecule has 0 aliphatic heterocycles. The van der Waals surface area contributed by atoms with Crippen LogP contribution in [0.3, 0.4) is 0 Å². The van der Waals surface area contributed by atoms with Crippen molar-refractivity contribution >= 4 is 11.8 Å². The van der Waals surface area contributed by atoms with Gasteiger partial charge in [0, 0.05) is 5.25 Å². The Morgan fingerprint density at radius 3 is 2.50 bits per heavy atom. The lowest BCUT2D eigenvalue weighted by molar-refractivity contribution is 0.839. The van der Waals surface area contributed by atoms with Crippen molar-refractivity contribution in [2.75, 3.05) is 6.26 Å². The zero-order valence-corrected chi connectivity index (χ0v) is 6.50. The molecule has 0 radical (unpaired) electrons. The van der Waals surface area contributed by atoms with Gasteiger partial charge in [-0.15, -0.1) is 6.58 Å². The van der Waals surface area contributed by atoms with Gasteiger partial charge < -0.3 is 0 Å². The first-order chi connectivity index (χ1) is 3.85. The molecule has 0 saturated carbocycles. The minimum atomic E-state index is 0.799. The van der Waals surface area contributed by atoms with Gasteiger partial charge in [-0.25, -0.2) is 0 Å². The van der Waals surface area contributed by atoms with Crippen molar-refractivity contribution in [1.29, 1.82) is 0 Å². The number of hydrogen-bond acceptors (Lipinski definition) is 1. The van der Waals surface area contributed by atoms with E-state index < -0.39 is 0 Å². The fraction of sp³-hybridized carbons (Fsp3) is 0.714. The third kappa shape index (κ3) is 3.14. The van der Waals surface area contributed by atoms with Crippen molar-refractivity contribution in [1.82, 2.24) is 0 Å². The van der Waals surface area contributed by atoms with Gasteiger partial charge in [0.15, 0.2) is 0 Å². The van der Waals surface area contributed by atoms with Crippen LogP contribution in [0.5, 0.6) is 0 Å². The van der Waals surface area contributed by atoms with Crippen molar-refractivity contribution in [3.63, 3.8) is 0 Å². The predicted molar refractivity (Wildman–Crippen MR) is 42.4 cm³/mol. The normalized spacial score (nSPS) is 13.2. The van der Waals surface area contributed by atoms with Crippen LogP contribution in [0.2, 0.25) is 0 Å². The Hall–Kier alpha value is 0.0900. The summed E-state index contributed by atoms with van der Waals surface area (Å²) in [6.07, 6.45) is 6.55. The SMILES string of the molecule is C=CCC(CC)SC. The highest BCUT2D eigenvalue weighted by atomic mass is 32.2. The van der Waals surface area contributed by atoms with E-state index in [1.54, 1.807) is 0 Å². The molecule has 0 fully saturated rings. The van der Waals surface area contributed by atoms with E-state index in [0.29, 0.717) is 0 Å². The van der Waals surface area contributed by atoms with Crippen LogP contribution in [0.15, 0.2) is 12.7 Å². The summed E-state index contributed by atoms with van der Waals surface area (Å²) in [7, 11) is 0. The predicted octanol–water partition coefficient (Wildman–Crippen LogP) is 2.70. The highest BCUT2D eigenvalue weighted by Crippen LogP contribution is 2.13. The summed E-state index contributed by atoms with van der Waals surface area (Å²) in [4.78, 5) is 0. The van der Waals surface area contributed by atoms with E-state index in [-0.39, 0.29) is 0 Å². The molecule has 0 amide bonds. The maximum Gasteiger partial charge on any atom is 0.00760 e. The van der Waals surface area contributed by atoms with Gasteiger partial charge in [-0.1, -0.05) is 13.0 Å². The minimum Gasteiger partial charge on any atom is -0.162 e. The Kier molecular flexibility index (Phi) is 5.29. The summed E-state index contributed by atoms with van der Waals surface area (Å²) in [6, 6.07) is 0. The Bertz CT molecular complexity index is 55.4. The zero-order valence-electron chi connectivity index (χ0n) is 5.68. The average molecular weight is 130 g/mol. The molecule has 1 atom stereocenters. The molecule has 0 aromatic rings. The van der Waals surface area contributed by atoms with Gasteiger partial charge in [-0.3, -0.25) is 0 Å². The maximum absolute atomic E-state index is 3.68. The summed E-state index contributed by atoms with van der Waals surface area (Å²) in [5.74, 6) is 0. The van der Waals surface area contributed by atoms with Crippen molar-refractivity contribution in [3.8, 4) is 0 Å². The van der Waals surface area contributed by atoms with Gasteiger partial charge in [0.25, 0.3) is 0 Å². The Morgan fingerprint density at radius 1 is 1.75 bits per heavy atom. The van der Waals surface area contributed by atoms with Crippen LogP contribution in [-0.2, 0) is 0 Å². The Balaban J connectivity index is 3.20. The van der Waals surface area contributed by atoms with Crippen LogP contribution < -0.4 is 0 Å². The van der Waals surface area contributed by atoms with Crippen molar-refractivity contribution < 1.29 is 0 Å². The lowest BCUT2D eigenvalue weighted by atomic mass is 10.2. The average Bonchev–Trinajstić information content (AvgIpc) is 1.83. The van der Waals surface area contributed by atoms with Crippen molar-refractivity contribution in [2.45, 2.75) is 25.0 Å². The third-order valence-electron chi connectivity index (χ3n) is 1.22. The number of rotatable bonds is 4. The van der Waals surface area contributed by atoms with Crippen molar-refractivity contribution in [2.24, 2.45) is 0 Å². The van der Waals surface area contributed by atoms with Gasteiger partial charge >= 0.3 is 0 Å². The second-order valence-electron chi connectivity index (χ2n) is 1.79. The summed E-state index contributed by atoms with van der Waals surface area (Å²) in [6.45, 7) is 5.90. The lowest BCUT2D eigenvalue weighted by Gasteiger charge is -2.06. The highest BCUT2D eigenvalue weighted by molar-refractivity contribution is 7.99. The van der Waals surface area contributed by atoms with Crippen molar-refractivity contribution in [3.05, 3.63) is 12.7 Å². The highest BCUT2D eigenvalue weighted by Gasteiger charge is 1.97. The standard InChI is InChI=1S/C7H14S/c1-4-6-7(5-2)8-3/h4,7H,1,5-6H2,2-3H3. The monoisotopic (exact) mass is 130 g/mol. The first kappa shape index (κ1) is 8.09. The molecule has 0 saturated heterocycles. The van der Waals surface area contributed by atoms with Crippen LogP contribution >= 0.6 is 11.8 Å². The molecule has 0 N–H and O–H groups in total. The molecule has 1 unspecified atom stereocenters. The quantitative estimate of drug-likeness (QED) is 0.527. The number of thioether (sulfide) groups is 1. The molecular weight excluding hydrogens is 116 g/mol. The molecule has 0 bridgehead atoms. The van der Waals surface area contributed by atoms with Crippen LogP contribution in [0.1, 0.15) is 19.8 Å². The van der Waals surface area contributed by atoms with Gasteiger partial charge in [-0.2, -0.15) is 11.8 Å². The molecule has 0 spiro atoms. The molecule has 0 aliphatic rings. The molecule has 1 heteroatoms. The van der Waals surface area contributed by atoms with Crippen LogP contribution in [0.4, 0.5) is 0 Å². The fourth-order valence-electron chi connectivity index (χ4n) is 0.615. The van der Waals surface area contributed by atoms with Gasteiger partial charge in [0.1, 0.15) is 0 Å². The Morgan fingerprint density at radius 2 is 2.38 bits per heavy atom. The number of hydrogen-bond donors (Lipinski definition) is 0. The smallest absolute Gasteiger partial charge is 0.00760 e. The molecule has 0 aromatic heterocycles. The lowest BCUT2D eigenvalue weighted by Crippen LogP contribution is -1.95. The first-order valence-corrected chi connectivity index (χ1v) is 4.27. The summed E-state index contributed by atoms with van der Waals surface area (Å²) in [5.41, 5.74) is 0. The van der Waals surface area contributed by atoms with E-state index in [1.165, 1.54) is 6.42 Å². The third-order valence-corrected chi connectivity index (χ3v) is 2.41. The summed E-state index contributed by atoms with van der Waals surface area (Å²) < 4.78 is 0. The first-order valence-electron chi connectivity index (χ1n) is 2.98. The van der Waals surface area contributed by atoms with Crippen LogP contribution in [0.25, 0.3) is 0 Å². The zero-order chi connectivity index (χ0) is 6.41. The topological polar surface area (TPSA) is 0 Å². The Labute approximate surface area is 56.4 Å². The van der Waals surface area contributed by atoms with Gasteiger partial charge in [0.05, 0.1) is 0 Å². The maximum atomic E-state index is 3.68. The second-order valence-corrected chi connectivity index (χ2v) is 2.93. The minimum absolute atomic E-state index is 0.799. The molecule has 0 heterocycles. The van der Waals surface area contributed by atoms with Crippen LogP contribution in [-0.4, -0.2) is 11.5 Å². The molecule has 0 aromatic carbocycles. The fourth-order valence-corrected chi connectivity index (χ4v) is 1.28. The van der Waals surface area contributed by atoms with E-state index in [9.17, 15) is 0 Å². The van der Waals surface area contributed by atoms with E-state index in [1.807, 2.05) is 17.8 Å². The van der Waals surface area contributed by atoms with E-state index in [0.717, 1.165) is 11.7 Å².